The van der Waals surface area contributed by atoms with Gasteiger partial charge in [-0.15, -0.1) is 0 Å². The van der Waals surface area contributed by atoms with Crippen LogP contribution in [0.3, 0.4) is 0 Å². The van der Waals surface area contributed by atoms with E-state index >= 15 is 0 Å². The van der Waals surface area contributed by atoms with Crippen molar-refractivity contribution < 1.29 is 0 Å². The predicted octanol–water partition coefficient (Wildman–Crippen LogP) is 4.73. The van der Waals surface area contributed by atoms with Crippen LogP contribution in [-0.4, -0.2) is 0 Å². The molecule has 1 aromatic carbocycles. The average Bonchev–Trinajstić information content (AvgIpc) is 2.38. The molecule has 1 heteroatoms. The Morgan fingerprint density at radius 3 is 2.41 bits per heavy atom. The molecule has 1 rings (SSSR count). The van der Waals surface area contributed by atoms with E-state index in [1.807, 2.05) is 6.07 Å². The molecule has 92 valence electrons. The van der Waals surface area contributed by atoms with Crippen LogP contribution in [0, 0.1) is 17.2 Å². The minimum Gasteiger partial charge on any atom is -0.198 e. The van der Waals surface area contributed by atoms with Crippen LogP contribution in [0.4, 0.5) is 0 Å². The molecule has 0 aliphatic heterocycles. The zero-order valence-electron chi connectivity index (χ0n) is 10.9. The maximum Gasteiger partial charge on any atom is 0.0655 e. The molecule has 0 aromatic heterocycles. The number of benzene rings is 1. The van der Waals surface area contributed by atoms with Crippen LogP contribution < -0.4 is 0 Å². The second-order valence-electron chi connectivity index (χ2n) is 4.70. The average molecular weight is 229 g/mol. The largest absolute Gasteiger partial charge is 0.198 e. The molecule has 0 aliphatic carbocycles. The molecule has 17 heavy (non-hydrogen) atoms. The highest BCUT2D eigenvalue weighted by atomic mass is 14.3. The van der Waals surface area contributed by atoms with E-state index in [1.54, 1.807) is 0 Å². The van der Waals surface area contributed by atoms with E-state index in [0.717, 1.165) is 25.7 Å². The van der Waals surface area contributed by atoms with Gasteiger partial charge in [0.2, 0.25) is 0 Å². The summed E-state index contributed by atoms with van der Waals surface area (Å²) < 4.78 is 0. The van der Waals surface area contributed by atoms with Crippen LogP contribution in [0.1, 0.15) is 51.0 Å². The van der Waals surface area contributed by atoms with Crippen molar-refractivity contribution in [2.75, 3.05) is 0 Å². The second-order valence-corrected chi connectivity index (χ2v) is 4.70. The molecule has 1 unspecified atom stereocenters. The van der Waals surface area contributed by atoms with Gasteiger partial charge >= 0.3 is 0 Å². The van der Waals surface area contributed by atoms with Gasteiger partial charge in [-0.2, -0.15) is 5.26 Å². The first-order valence-corrected chi connectivity index (χ1v) is 6.80. The molecule has 0 radical (unpaired) electrons. The smallest absolute Gasteiger partial charge is 0.0655 e. The monoisotopic (exact) mass is 229 g/mol. The summed E-state index contributed by atoms with van der Waals surface area (Å²) in [5, 5.41) is 9.07. The fraction of sp³-hybridized carbons (Fsp3) is 0.562. The Morgan fingerprint density at radius 1 is 1.06 bits per heavy atom. The summed E-state index contributed by atoms with van der Waals surface area (Å²) in [6, 6.07) is 13.0. The number of aryl methyl sites for hydroxylation is 1. The van der Waals surface area contributed by atoms with Crippen molar-refractivity contribution in [1.29, 1.82) is 5.26 Å². The van der Waals surface area contributed by atoms with Gasteiger partial charge < -0.3 is 0 Å². The fourth-order valence-corrected chi connectivity index (χ4v) is 2.11. The van der Waals surface area contributed by atoms with E-state index in [-0.39, 0.29) is 5.92 Å². The number of nitrogens with zero attached hydrogens (tertiary/aromatic N) is 1. The van der Waals surface area contributed by atoms with Crippen molar-refractivity contribution in [3.63, 3.8) is 0 Å². The lowest BCUT2D eigenvalue weighted by atomic mass is 9.95. The number of hydrogen-bond acceptors (Lipinski definition) is 1. The van der Waals surface area contributed by atoms with Crippen LogP contribution in [-0.2, 0) is 6.42 Å². The summed E-state index contributed by atoms with van der Waals surface area (Å²) in [6.45, 7) is 2.21. The summed E-state index contributed by atoms with van der Waals surface area (Å²) in [5.74, 6) is 0.269. The first kappa shape index (κ1) is 13.8. The first-order chi connectivity index (χ1) is 8.36. The van der Waals surface area contributed by atoms with Crippen molar-refractivity contribution in [3.05, 3.63) is 35.9 Å². The third-order valence-corrected chi connectivity index (χ3v) is 3.20. The van der Waals surface area contributed by atoms with E-state index in [1.165, 1.54) is 24.8 Å². The van der Waals surface area contributed by atoms with Gasteiger partial charge in [-0.3, -0.25) is 0 Å². The minimum absolute atomic E-state index is 0.269. The zero-order valence-corrected chi connectivity index (χ0v) is 10.9. The molecular formula is C16H23N. The van der Waals surface area contributed by atoms with E-state index in [9.17, 15) is 0 Å². The molecule has 0 aliphatic rings. The van der Waals surface area contributed by atoms with Gasteiger partial charge in [0.25, 0.3) is 0 Å². The number of nitriles is 1. The van der Waals surface area contributed by atoms with E-state index in [2.05, 4.69) is 37.3 Å². The summed E-state index contributed by atoms with van der Waals surface area (Å²) in [7, 11) is 0. The maximum atomic E-state index is 9.07. The quantitative estimate of drug-likeness (QED) is 0.591. The Labute approximate surface area is 105 Å². The van der Waals surface area contributed by atoms with Crippen molar-refractivity contribution in [1.82, 2.24) is 0 Å². The number of rotatable bonds is 8. The Balaban J connectivity index is 2.18. The standard InChI is InChI=1S/C16H23N/c1-2-3-5-11-16(14-17)13-8-12-15-9-6-4-7-10-15/h4,6-7,9-10,16H,2-3,5,8,11-13H2,1H3. The van der Waals surface area contributed by atoms with Gasteiger partial charge in [0.15, 0.2) is 0 Å². The molecule has 0 spiro atoms. The highest BCUT2D eigenvalue weighted by Gasteiger charge is 2.06. The summed E-state index contributed by atoms with van der Waals surface area (Å²) >= 11 is 0. The normalized spacial score (nSPS) is 12.0. The van der Waals surface area contributed by atoms with Crippen LogP contribution in [0.15, 0.2) is 30.3 Å². The highest BCUT2D eigenvalue weighted by Crippen LogP contribution is 2.16. The Hall–Kier alpha value is -1.29. The molecule has 1 aromatic rings. The lowest BCUT2D eigenvalue weighted by Gasteiger charge is -2.08. The fourth-order valence-electron chi connectivity index (χ4n) is 2.11. The highest BCUT2D eigenvalue weighted by molar-refractivity contribution is 5.14. The minimum atomic E-state index is 0.269. The molecular weight excluding hydrogens is 206 g/mol. The molecule has 0 saturated carbocycles. The molecule has 0 bridgehead atoms. The summed E-state index contributed by atoms with van der Waals surface area (Å²) in [6.07, 6.45) is 8.08. The van der Waals surface area contributed by atoms with Crippen LogP contribution in [0.5, 0.6) is 0 Å². The van der Waals surface area contributed by atoms with Gasteiger partial charge in [-0.25, -0.2) is 0 Å². The van der Waals surface area contributed by atoms with Crippen LogP contribution >= 0.6 is 0 Å². The van der Waals surface area contributed by atoms with Crippen molar-refractivity contribution in [2.45, 2.75) is 51.9 Å². The Bertz CT molecular complexity index is 323. The zero-order chi connectivity index (χ0) is 12.3. The predicted molar refractivity (Wildman–Crippen MR) is 72.6 cm³/mol. The first-order valence-electron chi connectivity index (χ1n) is 6.80. The van der Waals surface area contributed by atoms with Gasteiger partial charge in [-0.1, -0.05) is 56.5 Å². The lowest BCUT2D eigenvalue weighted by molar-refractivity contribution is 0.501. The van der Waals surface area contributed by atoms with Gasteiger partial charge in [0.1, 0.15) is 0 Å². The van der Waals surface area contributed by atoms with Gasteiger partial charge in [0.05, 0.1) is 6.07 Å². The molecule has 1 atom stereocenters. The molecule has 0 fully saturated rings. The summed E-state index contributed by atoms with van der Waals surface area (Å²) in [5.41, 5.74) is 1.39. The van der Waals surface area contributed by atoms with Gasteiger partial charge in [0, 0.05) is 5.92 Å². The Morgan fingerprint density at radius 2 is 1.76 bits per heavy atom. The molecule has 0 N–H and O–H groups in total. The van der Waals surface area contributed by atoms with E-state index in [4.69, 9.17) is 5.26 Å². The topological polar surface area (TPSA) is 23.8 Å². The van der Waals surface area contributed by atoms with Gasteiger partial charge in [-0.05, 0) is 31.2 Å². The van der Waals surface area contributed by atoms with Crippen molar-refractivity contribution in [2.24, 2.45) is 5.92 Å². The molecule has 1 nitrogen and oxygen atoms in total. The van der Waals surface area contributed by atoms with E-state index in [0.29, 0.717) is 0 Å². The third-order valence-electron chi connectivity index (χ3n) is 3.20. The second kappa shape index (κ2) is 8.82. The van der Waals surface area contributed by atoms with Crippen molar-refractivity contribution >= 4 is 0 Å². The maximum absolute atomic E-state index is 9.07. The Kier molecular flexibility index (Phi) is 7.14. The molecule has 0 heterocycles. The third kappa shape index (κ3) is 6.12. The van der Waals surface area contributed by atoms with Crippen LogP contribution in [0.2, 0.25) is 0 Å². The SMILES string of the molecule is CCCCCC(C#N)CCCc1ccccc1. The molecule has 0 amide bonds. The molecule has 0 saturated heterocycles. The van der Waals surface area contributed by atoms with Crippen LogP contribution in [0.25, 0.3) is 0 Å². The van der Waals surface area contributed by atoms with Crippen molar-refractivity contribution in [3.8, 4) is 6.07 Å². The summed E-state index contributed by atoms with van der Waals surface area (Å²) in [4.78, 5) is 0. The number of unbranched alkanes of at least 4 members (excludes halogenated alkanes) is 2. The van der Waals surface area contributed by atoms with E-state index < -0.39 is 0 Å². The lowest BCUT2D eigenvalue weighted by Crippen LogP contribution is -1.98. The number of hydrogen-bond donors (Lipinski definition) is 0.